The SMILES string of the molecule is CCN(C(=O)COc1ccccc1)C(C)c1nc2ccccc2c(=O)n1-c1ccccc1C. The van der Waals surface area contributed by atoms with E-state index in [2.05, 4.69) is 0 Å². The van der Waals surface area contributed by atoms with E-state index in [1.165, 1.54) is 0 Å². The van der Waals surface area contributed by atoms with Gasteiger partial charge in [-0.2, -0.15) is 0 Å². The molecule has 0 aliphatic heterocycles. The second-order valence-electron chi connectivity index (χ2n) is 7.87. The van der Waals surface area contributed by atoms with Gasteiger partial charge in [-0.15, -0.1) is 0 Å². The standard InChI is InChI=1S/C27H27N3O3/c1-4-29(25(31)18-33-21-13-6-5-7-14-21)20(3)26-28-23-16-10-9-15-22(23)27(32)30(26)24-17-11-8-12-19(24)2/h5-17,20H,4,18H2,1-3H3. The van der Waals surface area contributed by atoms with Gasteiger partial charge in [0.05, 0.1) is 22.6 Å². The predicted octanol–water partition coefficient (Wildman–Crippen LogP) is 4.68. The number of benzene rings is 3. The van der Waals surface area contributed by atoms with Crippen LogP contribution in [0.1, 0.15) is 31.3 Å². The van der Waals surface area contributed by atoms with Crippen LogP contribution in [0.2, 0.25) is 0 Å². The molecule has 1 amide bonds. The largest absolute Gasteiger partial charge is 0.484 e. The van der Waals surface area contributed by atoms with Crippen molar-refractivity contribution < 1.29 is 9.53 Å². The van der Waals surface area contributed by atoms with Crippen LogP contribution in [0.15, 0.2) is 83.7 Å². The fraction of sp³-hybridized carbons (Fsp3) is 0.222. The molecule has 0 saturated heterocycles. The Labute approximate surface area is 193 Å². The smallest absolute Gasteiger partial charge is 0.266 e. The van der Waals surface area contributed by atoms with E-state index >= 15 is 0 Å². The fourth-order valence-corrected chi connectivity index (χ4v) is 4.03. The van der Waals surface area contributed by atoms with Gasteiger partial charge in [0.25, 0.3) is 11.5 Å². The summed E-state index contributed by atoms with van der Waals surface area (Å²) in [5, 5.41) is 0.540. The third-order valence-corrected chi connectivity index (χ3v) is 5.77. The maximum absolute atomic E-state index is 13.6. The molecule has 0 saturated carbocycles. The maximum Gasteiger partial charge on any atom is 0.266 e. The molecule has 6 heteroatoms. The summed E-state index contributed by atoms with van der Waals surface area (Å²) in [6.07, 6.45) is 0. The molecule has 1 heterocycles. The maximum atomic E-state index is 13.6. The molecule has 4 aromatic rings. The summed E-state index contributed by atoms with van der Waals surface area (Å²) in [5.74, 6) is 0.978. The van der Waals surface area contributed by atoms with Crippen LogP contribution in [-0.4, -0.2) is 33.5 Å². The van der Waals surface area contributed by atoms with Crippen LogP contribution in [0, 0.1) is 6.92 Å². The van der Waals surface area contributed by atoms with Crippen LogP contribution in [0.3, 0.4) is 0 Å². The number of hydrogen-bond acceptors (Lipinski definition) is 4. The molecule has 1 atom stereocenters. The molecule has 1 unspecified atom stereocenters. The number of hydrogen-bond donors (Lipinski definition) is 0. The lowest BCUT2D eigenvalue weighted by Crippen LogP contribution is -2.39. The number of aryl methyl sites for hydroxylation is 1. The molecule has 0 N–H and O–H groups in total. The molecule has 0 aliphatic rings. The molecule has 0 fully saturated rings. The average molecular weight is 442 g/mol. The summed E-state index contributed by atoms with van der Waals surface area (Å²) in [6.45, 7) is 6.13. The van der Waals surface area contributed by atoms with E-state index in [1.807, 2.05) is 93.6 Å². The molecule has 1 aromatic heterocycles. The molecule has 6 nitrogen and oxygen atoms in total. The van der Waals surface area contributed by atoms with E-state index in [1.54, 1.807) is 15.5 Å². The Hall–Kier alpha value is -3.93. The quantitative estimate of drug-likeness (QED) is 0.418. The normalized spacial score (nSPS) is 11.8. The van der Waals surface area contributed by atoms with Crippen molar-refractivity contribution in [3.05, 3.63) is 101 Å². The van der Waals surface area contributed by atoms with Crippen LogP contribution in [0.5, 0.6) is 5.75 Å². The van der Waals surface area contributed by atoms with E-state index in [4.69, 9.17) is 9.72 Å². The van der Waals surface area contributed by atoms with Gasteiger partial charge in [0.15, 0.2) is 6.61 Å². The Balaban J connectivity index is 1.77. The lowest BCUT2D eigenvalue weighted by molar-refractivity contribution is -0.135. The number of fused-ring (bicyclic) bond motifs is 1. The number of nitrogens with zero attached hydrogens (tertiary/aromatic N) is 3. The van der Waals surface area contributed by atoms with E-state index in [9.17, 15) is 9.59 Å². The first-order chi connectivity index (χ1) is 16.0. The molecule has 0 spiro atoms. The highest BCUT2D eigenvalue weighted by atomic mass is 16.5. The van der Waals surface area contributed by atoms with E-state index < -0.39 is 6.04 Å². The first-order valence-electron chi connectivity index (χ1n) is 11.1. The number of carbonyl (C=O) groups excluding carboxylic acids is 1. The van der Waals surface area contributed by atoms with Gasteiger partial charge in [0.2, 0.25) is 0 Å². The Morgan fingerprint density at radius 1 is 1.00 bits per heavy atom. The van der Waals surface area contributed by atoms with E-state index in [-0.39, 0.29) is 18.1 Å². The van der Waals surface area contributed by atoms with Gasteiger partial charge >= 0.3 is 0 Å². The number of para-hydroxylation sites is 3. The molecule has 0 bridgehead atoms. The van der Waals surface area contributed by atoms with Crippen molar-refractivity contribution in [2.75, 3.05) is 13.2 Å². The Bertz CT molecular complexity index is 1330. The van der Waals surface area contributed by atoms with Crippen LogP contribution < -0.4 is 10.3 Å². The Morgan fingerprint density at radius 3 is 2.39 bits per heavy atom. The summed E-state index contributed by atoms with van der Waals surface area (Å²) in [5.41, 5.74) is 2.16. The predicted molar refractivity (Wildman–Crippen MR) is 130 cm³/mol. The second-order valence-corrected chi connectivity index (χ2v) is 7.87. The van der Waals surface area contributed by atoms with Crippen molar-refractivity contribution >= 4 is 16.8 Å². The third kappa shape index (κ3) is 4.51. The zero-order valence-corrected chi connectivity index (χ0v) is 19.1. The van der Waals surface area contributed by atoms with Crippen molar-refractivity contribution in [3.63, 3.8) is 0 Å². The summed E-state index contributed by atoms with van der Waals surface area (Å²) in [7, 11) is 0. The van der Waals surface area contributed by atoms with Crippen LogP contribution >= 0.6 is 0 Å². The molecule has 0 radical (unpaired) electrons. The summed E-state index contributed by atoms with van der Waals surface area (Å²) < 4.78 is 7.32. The van der Waals surface area contributed by atoms with Crippen molar-refractivity contribution in [1.29, 1.82) is 0 Å². The number of carbonyl (C=O) groups is 1. The highest BCUT2D eigenvalue weighted by molar-refractivity contribution is 5.79. The van der Waals surface area contributed by atoms with Gasteiger partial charge in [-0.25, -0.2) is 4.98 Å². The highest BCUT2D eigenvalue weighted by Gasteiger charge is 2.26. The topological polar surface area (TPSA) is 64.4 Å². The third-order valence-electron chi connectivity index (χ3n) is 5.77. The van der Waals surface area contributed by atoms with E-state index in [0.29, 0.717) is 29.0 Å². The minimum absolute atomic E-state index is 0.0929. The molecule has 3 aromatic carbocycles. The fourth-order valence-electron chi connectivity index (χ4n) is 4.03. The van der Waals surface area contributed by atoms with Crippen molar-refractivity contribution in [1.82, 2.24) is 14.5 Å². The number of amides is 1. The number of aromatic nitrogens is 2. The van der Waals surface area contributed by atoms with E-state index in [0.717, 1.165) is 11.3 Å². The van der Waals surface area contributed by atoms with Crippen molar-refractivity contribution in [3.8, 4) is 11.4 Å². The first-order valence-corrected chi connectivity index (χ1v) is 11.1. The van der Waals surface area contributed by atoms with Crippen LogP contribution in [0.25, 0.3) is 16.6 Å². The molecule has 0 aliphatic carbocycles. The second kappa shape index (κ2) is 9.69. The zero-order chi connectivity index (χ0) is 23.4. The lowest BCUT2D eigenvalue weighted by atomic mass is 10.1. The Kier molecular flexibility index (Phi) is 6.54. The lowest BCUT2D eigenvalue weighted by Gasteiger charge is -2.29. The van der Waals surface area contributed by atoms with Gasteiger partial charge in [0.1, 0.15) is 11.6 Å². The summed E-state index contributed by atoms with van der Waals surface area (Å²) in [4.78, 5) is 33.2. The number of ether oxygens (including phenoxy) is 1. The molecule has 168 valence electrons. The molecular weight excluding hydrogens is 414 g/mol. The van der Waals surface area contributed by atoms with Gasteiger partial charge in [0, 0.05) is 6.54 Å². The molecular formula is C27H27N3O3. The minimum Gasteiger partial charge on any atom is -0.484 e. The summed E-state index contributed by atoms with van der Waals surface area (Å²) >= 11 is 0. The monoisotopic (exact) mass is 441 g/mol. The van der Waals surface area contributed by atoms with Crippen molar-refractivity contribution in [2.24, 2.45) is 0 Å². The minimum atomic E-state index is -0.446. The average Bonchev–Trinajstić information content (AvgIpc) is 2.84. The number of rotatable bonds is 7. The van der Waals surface area contributed by atoms with Crippen LogP contribution in [0.4, 0.5) is 0 Å². The van der Waals surface area contributed by atoms with Gasteiger partial charge in [-0.3, -0.25) is 14.2 Å². The van der Waals surface area contributed by atoms with Gasteiger partial charge in [-0.05, 0) is 56.7 Å². The van der Waals surface area contributed by atoms with Gasteiger partial charge in [-0.1, -0.05) is 48.5 Å². The number of likely N-dealkylation sites (N-methyl/N-ethyl adjacent to an activating group) is 1. The zero-order valence-electron chi connectivity index (χ0n) is 19.1. The highest BCUT2D eigenvalue weighted by Crippen LogP contribution is 2.24. The first kappa shape index (κ1) is 22.3. The van der Waals surface area contributed by atoms with Crippen molar-refractivity contribution in [2.45, 2.75) is 26.8 Å². The summed E-state index contributed by atoms with van der Waals surface area (Å²) in [6, 6.07) is 23.8. The van der Waals surface area contributed by atoms with Crippen LogP contribution in [-0.2, 0) is 4.79 Å². The molecule has 33 heavy (non-hydrogen) atoms. The molecule has 4 rings (SSSR count). The van der Waals surface area contributed by atoms with Gasteiger partial charge < -0.3 is 9.64 Å². The Morgan fingerprint density at radius 2 is 1.67 bits per heavy atom.